The van der Waals surface area contributed by atoms with E-state index in [-0.39, 0.29) is 11.1 Å². The summed E-state index contributed by atoms with van der Waals surface area (Å²) in [6, 6.07) is 7.40. The van der Waals surface area contributed by atoms with Crippen LogP contribution in [0.5, 0.6) is 0 Å². The highest BCUT2D eigenvalue weighted by atomic mass is 19.3. The molecule has 14 heavy (non-hydrogen) atoms. The van der Waals surface area contributed by atoms with Crippen LogP contribution in [0.4, 0.5) is 8.78 Å². The van der Waals surface area contributed by atoms with Gasteiger partial charge >= 0.3 is 0 Å². The molecule has 0 aliphatic carbocycles. The summed E-state index contributed by atoms with van der Waals surface area (Å²) in [4.78, 5) is 0. The summed E-state index contributed by atoms with van der Waals surface area (Å²) in [6.07, 6.45) is -2.88. The summed E-state index contributed by atoms with van der Waals surface area (Å²) in [5.74, 6) is 0. The first kappa shape index (κ1) is 10.6. The molecule has 0 saturated carbocycles. The predicted molar refractivity (Wildman–Crippen MR) is 46.7 cm³/mol. The van der Waals surface area contributed by atoms with Crippen molar-refractivity contribution in [2.75, 3.05) is 0 Å². The largest absolute Gasteiger partial charge is 0.379 e. The summed E-state index contributed by atoms with van der Waals surface area (Å²) in [7, 11) is 0. The van der Waals surface area contributed by atoms with Gasteiger partial charge in [-0.05, 0) is 24.6 Å². The summed E-state index contributed by atoms with van der Waals surface area (Å²) >= 11 is 0. The molecule has 2 nitrogen and oxygen atoms in total. The van der Waals surface area contributed by atoms with Crippen molar-refractivity contribution in [2.45, 2.75) is 19.0 Å². The molecule has 1 atom stereocenters. The molecule has 0 aliphatic heterocycles. The van der Waals surface area contributed by atoms with Gasteiger partial charge in [-0.1, -0.05) is 12.1 Å². The third-order valence-corrected chi connectivity index (χ3v) is 2.00. The second-order valence-corrected chi connectivity index (χ2v) is 3.14. The van der Waals surface area contributed by atoms with E-state index in [4.69, 9.17) is 5.26 Å². The van der Waals surface area contributed by atoms with Crippen LogP contribution in [0.25, 0.3) is 0 Å². The van der Waals surface area contributed by atoms with E-state index >= 15 is 0 Å². The Bertz CT molecular complexity index is 369. The lowest BCUT2D eigenvalue weighted by molar-refractivity contribution is -0.0883. The van der Waals surface area contributed by atoms with E-state index in [1.165, 1.54) is 24.3 Å². The molecule has 0 radical (unpaired) electrons. The number of hydrogen-bond acceptors (Lipinski definition) is 2. The van der Waals surface area contributed by atoms with Crippen molar-refractivity contribution in [3.8, 4) is 6.07 Å². The van der Waals surface area contributed by atoms with Gasteiger partial charge in [0, 0.05) is 0 Å². The number of alkyl halides is 2. The monoisotopic (exact) mass is 197 g/mol. The molecule has 1 unspecified atom stereocenters. The third-order valence-electron chi connectivity index (χ3n) is 2.00. The average Bonchev–Trinajstić information content (AvgIpc) is 2.17. The molecule has 1 rings (SSSR count). The molecule has 0 amide bonds. The summed E-state index contributed by atoms with van der Waals surface area (Å²) in [6.45, 7) is 1.02. The van der Waals surface area contributed by atoms with Crippen LogP contribution >= 0.6 is 0 Å². The van der Waals surface area contributed by atoms with E-state index in [0.29, 0.717) is 0 Å². The van der Waals surface area contributed by atoms with Gasteiger partial charge in [0.15, 0.2) is 0 Å². The maximum atomic E-state index is 12.4. The molecule has 74 valence electrons. The molecular weight excluding hydrogens is 188 g/mol. The van der Waals surface area contributed by atoms with Gasteiger partial charge in [-0.25, -0.2) is 8.78 Å². The van der Waals surface area contributed by atoms with Crippen LogP contribution < -0.4 is 0 Å². The predicted octanol–water partition coefficient (Wildman–Crippen LogP) is 2.03. The first-order valence-corrected chi connectivity index (χ1v) is 3.99. The quantitative estimate of drug-likeness (QED) is 0.788. The molecular formula is C10H9F2NO. The Morgan fingerprint density at radius 3 is 2.64 bits per heavy atom. The molecule has 0 aliphatic rings. The molecule has 1 aromatic carbocycles. The van der Waals surface area contributed by atoms with Gasteiger partial charge in [0.2, 0.25) is 0 Å². The second-order valence-electron chi connectivity index (χ2n) is 3.14. The van der Waals surface area contributed by atoms with Crippen molar-refractivity contribution in [1.29, 1.82) is 5.26 Å². The first-order valence-electron chi connectivity index (χ1n) is 3.99. The number of benzene rings is 1. The average molecular weight is 197 g/mol. The smallest absolute Gasteiger partial charge is 0.270 e. The van der Waals surface area contributed by atoms with Gasteiger partial charge in [0.05, 0.1) is 11.6 Å². The highest BCUT2D eigenvalue weighted by molar-refractivity contribution is 5.35. The maximum Gasteiger partial charge on any atom is 0.270 e. The maximum absolute atomic E-state index is 12.4. The van der Waals surface area contributed by atoms with Crippen molar-refractivity contribution < 1.29 is 13.9 Å². The topological polar surface area (TPSA) is 44.0 Å². The van der Waals surface area contributed by atoms with Gasteiger partial charge in [0.25, 0.3) is 6.43 Å². The summed E-state index contributed by atoms with van der Waals surface area (Å²) in [5.41, 5.74) is -1.90. The van der Waals surface area contributed by atoms with E-state index in [0.717, 1.165) is 6.92 Å². The number of hydrogen-bond donors (Lipinski definition) is 1. The Hall–Kier alpha value is -1.47. The highest BCUT2D eigenvalue weighted by Crippen LogP contribution is 2.27. The number of nitriles is 1. The van der Waals surface area contributed by atoms with Crippen LogP contribution in [-0.4, -0.2) is 11.5 Å². The van der Waals surface area contributed by atoms with Gasteiger partial charge in [-0.3, -0.25) is 0 Å². The number of halogens is 2. The molecule has 0 heterocycles. The Morgan fingerprint density at radius 2 is 2.14 bits per heavy atom. The van der Waals surface area contributed by atoms with Gasteiger partial charge in [-0.15, -0.1) is 0 Å². The van der Waals surface area contributed by atoms with E-state index < -0.39 is 12.0 Å². The Balaban J connectivity index is 3.14. The fraction of sp³-hybridized carbons (Fsp3) is 0.300. The van der Waals surface area contributed by atoms with Crippen molar-refractivity contribution in [3.05, 3.63) is 35.4 Å². The van der Waals surface area contributed by atoms with E-state index in [1.807, 2.05) is 6.07 Å². The Labute approximate surface area is 80.4 Å². The molecule has 0 fully saturated rings. The summed E-state index contributed by atoms with van der Waals surface area (Å²) in [5, 5.41) is 18.0. The van der Waals surface area contributed by atoms with Crippen LogP contribution in [0, 0.1) is 11.3 Å². The lowest BCUT2D eigenvalue weighted by atomic mass is 9.95. The van der Waals surface area contributed by atoms with Gasteiger partial charge in [0.1, 0.15) is 5.60 Å². The Kier molecular flexibility index (Phi) is 2.82. The Morgan fingerprint density at radius 1 is 1.50 bits per heavy atom. The van der Waals surface area contributed by atoms with Gasteiger partial charge < -0.3 is 5.11 Å². The SMILES string of the molecule is CC(O)(c1cccc(C#N)c1)C(F)F. The molecule has 1 aromatic rings. The minimum atomic E-state index is -2.88. The first-order chi connectivity index (χ1) is 6.48. The normalized spacial score (nSPS) is 14.9. The zero-order chi connectivity index (χ0) is 10.8. The van der Waals surface area contributed by atoms with Crippen molar-refractivity contribution >= 4 is 0 Å². The lowest BCUT2D eigenvalue weighted by Gasteiger charge is -2.22. The zero-order valence-corrected chi connectivity index (χ0v) is 7.54. The second kappa shape index (κ2) is 3.72. The standard InChI is InChI=1S/C10H9F2NO/c1-10(14,9(11)12)8-4-2-3-7(5-8)6-13/h2-5,9,14H,1H3. The molecule has 4 heteroatoms. The molecule has 0 saturated heterocycles. The molecule has 0 aromatic heterocycles. The van der Waals surface area contributed by atoms with Crippen LogP contribution in [0.2, 0.25) is 0 Å². The fourth-order valence-electron chi connectivity index (χ4n) is 1.03. The van der Waals surface area contributed by atoms with Crippen LogP contribution in [0.3, 0.4) is 0 Å². The van der Waals surface area contributed by atoms with Gasteiger partial charge in [-0.2, -0.15) is 5.26 Å². The van der Waals surface area contributed by atoms with E-state index in [2.05, 4.69) is 0 Å². The lowest BCUT2D eigenvalue weighted by Crippen LogP contribution is -2.30. The molecule has 0 spiro atoms. The van der Waals surface area contributed by atoms with E-state index in [9.17, 15) is 13.9 Å². The van der Waals surface area contributed by atoms with E-state index in [1.54, 1.807) is 0 Å². The van der Waals surface area contributed by atoms with Crippen molar-refractivity contribution in [2.24, 2.45) is 0 Å². The number of aliphatic hydroxyl groups is 1. The third kappa shape index (κ3) is 1.88. The fourth-order valence-corrected chi connectivity index (χ4v) is 1.03. The summed E-state index contributed by atoms with van der Waals surface area (Å²) < 4.78 is 24.8. The van der Waals surface area contributed by atoms with Crippen molar-refractivity contribution in [1.82, 2.24) is 0 Å². The van der Waals surface area contributed by atoms with Crippen LogP contribution in [0.1, 0.15) is 18.1 Å². The van der Waals surface area contributed by atoms with Crippen molar-refractivity contribution in [3.63, 3.8) is 0 Å². The highest BCUT2D eigenvalue weighted by Gasteiger charge is 2.34. The minimum Gasteiger partial charge on any atom is -0.379 e. The number of rotatable bonds is 2. The van der Waals surface area contributed by atoms with Crippen LogP contribution in [0.15, 0.2) is 24.3 Å². The number of nitrogens with zero attached hydrogens (tertiary/aromatic N) is 1. The van der Waals surface area contributed by atoms with Crippen LogP contribution in [-0.2, 0) is 5.60 Å². The zero-order valence-electron chi connectivity index (χ0n) is 7.54. The molecule has 0 bridgehead atoms. The molecule has 1 N–H and O–H groups in total. The minimum absolute atomic E-state index is 0.0477.